The molecule has 3 heterocycles. The predicted octanol–water partition coefficient (Wildman–Crippen LogP) is 0.360. The summed E-state index contributed by atoms with van der Waals surface area (Å²) >= 11 is 0. The van der Waals surface area contributed by atoms with Gasteiger partial charge in [0.25, 0.3) is 0 Å². The summed E-state index contributed by atoms with van der Waals surface area (Å²) in [5, 5.41) is 4.37. The van der Waals surface area contributed by atoms with Gasteiger partial charge >= 0.3 is 11.7 Å². The van der Waals surface area contributed by atoms with Crippen molar-refractivity contribution in [3.63, 3.8) is 0 Å². The van der Waals surface area contributed by atoms with Crippen molar-refractivity contribution in [3.05, 3.63) is 34.5 Å². The predicted molar refractivity (Wildman–Crippen MR) is 77.5 cm³/mol. The molecule has 0 N–H and O–H groups in total. The van der Waals surface area contributed by atoms with Gasteiger partial charge in [0, 0.05) is 25.4 Å². The minimum atomic E-state index is -0.569. The number of carbonyl (C=O) groups is 1. The van der Waals surface area contributed by atoms with E-state index in [1.807, 2.05) is 17.7 Å². The number of hydrogen-bond acceptors (Lipinski definition) is 5. The number of methoxy groups -OCH3 is 1. The molecule has 2 aromatic rings. The molecule has 0 radical (unpaired) electrons. The van der Waals surface area contributed by atoms with E-state index in [2.05, 4.69) is 10.1 Å². The first-order valence-corrected chi connectivity index (χ1v) is 7.41. The molecule has 0 saturated heterocycles. The fourth-order valence-corrected chi connectivity index (χ4v) is 2.91. The number of fused-ring (bicyclic) bond motifs is 1. The third kappa shape index (κ3) is 2.34. The highest BCUT2D eigenvalue weighted by atomic mass is 16.5. The van der Waals surface area contributed by atoms with Crippen LogP contribution in [0.4, 0.5) is 0 Å². The molecule has 8 nitrogen and oxygen atoms in total. The van der Waals surface area contributed by atoms with Crippen molar-refractivity contribution >= 4 is 5.97 Å². The summed E-state index contributed by atoms with van der Waals surface area (Å²) in [6.07, 6.45) is 5.69. The van der Waals surface area contributed by atoms with Crippen LogP contribution in [-0.4, -0.2) is 37.0 Å². The quantitative estimate of drug-likeness (QED) is 0.762. The molecule has 8 heteroatoms. The number of aromatic nitrogens is 5. The van der Waals surface area contributed by atoms with E-state index in [4.69, 9.17) is 4.74 Å². The van der Waals surface area contributed by atoms with Crippen LogP contribution in [0.1, 0.15) is 37.5 Å². The van der Waals surface area contributed by atoms with E-state index in [-0.39, 0.29) is 5.69 Å². The van der Waals surface area contributed by atoms with E-state index in [1.165, 1.54) is 16.4 Å². The second-order valence-corrected chi connectivity index (χ2v) is 5.29. The molecule has 0 bridgehead atoms. The van der Waals surface area contributed by atoms with Gasteiger partial charge < -0.3 is 9.30 Å². The van der Waals surface area contributed by atoms with Gasteiger partial charge in [0.1, 0.15) is 24.2 Å². The third-order valence-electron chi connectivity index (χ3n) is 4.04. The highest BCUT2D eigenvalue weighted by molar-refractivity contribution is 5.74. The van der Waals surface area contributed by atoms with Crippen LogP contribution in [0, 0.1) is 0 Å². The molecule has 0 fully saturated rings. The number of esters is 1. The lowest BCUT2D eigenvalue weighted by Gasteiger charge is -2.20. The van der Waals surface area contributed by atoms with Crippen LogP contribution in [0.25, 0.3) is 0 Å². The number of aryl methyl sites for hydroxylation is 2. The van der Waals surface area contributed by atoms with Crippen LogP contribution in [0.3, 0.4) is 0 Å². The maximum absolute atomic E-state index is 12.6. The van der Waals surface area contributed by atoms with Crippen LogP contribution >= 0.6 is 0 Å². The van der Waals surface area contributed by atoms with Gasteiger partial charge in [-0.15, -0.1) is 0 Å². The first-order chi connectivity index (χ1) is 10.7. The molecule has 0 unspecified atom stereocenters. The summed E-state index contributed by atoms with van der Waals surface area (Å²) in [6.45, 7) is 3.09. The van der Waals surface area contributed by atoms with Crippen LogP contribution in [-0.2, 0) is 29.0 Å². The highest BCUT2D eigenvalue weighted by Crippen LogP contribution is 2.22. The van der Waals surface area contributed by atoms with E-state index >= 15 is 0 Å². The number of ether oxygens (including phenoxy) is 1. The SMILES string of the molecule is CCn1ccnc1Cn1nc2n(c1=O)[C@@H](C(=O)OC)CCC2. The zero-order valence-electron chi connectivity index (χ0n) is 12.7. The Labute approximate surface area is 127 Å². The lowest BCUT2D eigenvalue weighted by molar-refractivity contribution is -0.145. The molecular weight excluding hydrogens is 286 g/mol. The van der Waals surface area contributed by atoms with Crippen molar-refractivity contribution in [2.45, 2.75) is 45.3 Å². The molecule has 1 aliphatic heterocycles. The van der Waals surface area contributed by atoms with Crippen molar-refractivity contribution < 1.29 is 9.53 Å². The average Bonchev–Trinajstić information content (AvgIpc) is 3.11. The van der Waals surface area contributed by atoms with Gasteiger partial charge in [0.2, 0.25) is 0 Å². The van der Waals surface area contributed by atoms with Gasteiger partial charge in [-0.2, -0.15) is 5.10 Å². The minimum Gasteiger partial charge on any atom is -0.467 e. The molecule has 22 heavy (non-hydrogen) atoms. The molecular formula is C14H19N5O3. The zero-order valence-corrected chi connectivity index (χ0v) is 12.7. The summed E-state index contributed by atoms with van der Waals surface area (Å²) in [4.78, 5) is 28.7. The Bertz CT molecular complexity index is 742. The molecule has 0 amide bonds. The number of carbonyl (C=O) groups excluding carboxylic acids is 1. The Hall–Kier alpha value is -2.38. The molecule has 2 aromatic heterocycles. The van der Waals surface area contributed by atoms with Gasteiger partial charge in [-0.1, -0.05) is 0 Å². The smallest absolute Gasteiger partial charge is 0.347 e. The Balaban J connectivity index is 1.97. The molecule has 0 aromatic carbocycles. The normalized spacial score (nSPS) is 17.3. The van der Waals surface area contributed by atoms with Crippen molar-refractivity contribution in [2.24, 2.45) is 0 Å². The Morgan fingerprint density at radius 2 is 2.32 bits per heavy atom. The van der Waals surface area contributed by atoms with Gasteiger partial charge in [0.15, 0.2) is 0 Å². The zero-order chi connectivity index (χ0) is 15.7. The molecule has 0 aliphatic carbocycles. The van der Waals surface area contributed by atoms with Crippen LogP contribution in [0.5, 0.6) is 0 Å². The first kappa shape index (κ1) is 14.6. The van der Waals surface area contributed by atoms with E-state index in [0.717, 1.165) is 18.8 Å². The number of rotatable bonds is 4. The monoisotopic (exact) mass is 305 g/mol. The maximum atomic E-state index is 12.6. The second kappa shape index (κ2) is 5.78. The number of hydrogen-bond donors (Lipinski definition) is 0. The fourth-order valence-electron chi connectivity index (χ4n) is 2.91. The molecule has 3 rings (SSSR count). The minimum absolute atomic E-state index is 0.282. The van der Waals surface area contributed by atoms with Gasteiger partial charge in [-0.05, 0) is 19.8 Å². The number of nitrogens with zero attached hydrogens (tertiary/aromatic N) is 5. The van der Waals surface area contributed by atoms with E-state index in [0.29, 0.717) is 25.2 Å². The van der Waals surface area contributed by atoms with E-state index in [1.54, 1.807) is 6.20 Å². The van der Waals surface area contributed by atoms with Gasteiger partial charge in [0.05, 0.1) is 7.11 Å². The van der Waals surface area contributed by atoms with Crippen molar-refractivity contribution in [2.75, 3.05) is 7.11 Å². The Morgan fingerprint density at radius 1 is 1.50 bits per heavy atom. The molecule has 0 saturated carbocycles. The van der Waals surface area contributed by atoms with Crippen molar-refractivity contribution in [3.8, 4) is 0 Å². The number of imidazole rings is 1. The summed E-state index contributed by atoms with van der Waals surface area (Å²) in [5.74, 6) is 1.02. The second-order valence-electron chi connectivity index (χ2n) is 5.29. The van der Waals surface area contributed by atoms with Gasteiger partial charge in [-0.3, -0.25) is 4.57 Å². The summed E-state index contributed by atoms with van der Waals surface area (Å²) < 4.78 is 9.61. The highest BCUT2D eigenvalue weighted by Gasteiger charge is 2.31. The average molecular weight is 305 g/mol. The Kier molecular flexibility index (Phi) is 3.82. The molecule has 1 atom stereocenters. The fraction of sp³-hybridized carbons (Fsp3) is 0.571. The van der Waals surface area contributed by atoms with Gasteiger partial charge in [-0.25, -0.2) is 19.3 Å². The Morgan fingerprint density at radius 3 is 3.05 bits per heavy atom. The topological polar surface area (TPSA) is 83.9 Å². The standard InChI is InChI=1S/C14H19N5O3/c1-3-17-8-7-15-12(17)9-18-14(21)19-10(13(20)22-2)5-4-6-11(19)16-18/h7-8,10H,3-6,9H2,1-2H3/t10-/m1/s1. The lowest BCUT2D eigenvalue weighted by atomic mass is 10.1. The third-order valence-corrected chi connectivity index (χ3v) is 4.04. The van der Waals surface area contributed by atoms with Crippen molar-refractivity contribution in [1.29, 1.82) is 0 Å². The van der Waals surface area contributed by atoms with Crippen molar-refractivity contribution in [1.82, 2.24) is 23.9 Å². The molecule has 1 aliphatic rings. The summed E-state index contributed by atoms with van der Waals surface area (Å²) in [6, 6.07) is -0.569. The maximum Gasteiger partial charge on any atom is 0.347 e. The summed E-state index contributed by atoms with van der Waals surface area (Å²) in [7, 11) is 1.34. The van der Waals surface area contributed by atoms with Crippen LogP contribution in [0.2, 0.25) is 0 Å². The summed E-state index contributed by atoms with van der Waals surface area (Å²) in [5.41, 5.74) is -0.282. The van der Waals surface area contributed by atoms with Crippen LogP contribution < -0.4 is 5.69 Å². The lowest BCUT2D eigenvalue weighted by Crippen LogP contribution is -2.35. The van der Waals surface area contributed by atoms with Crippen LogP contribution in [0.15, 0.2) is 17.2 Å². The molecule has 118 valence electrons. The first-order valence-electron chi connectivity index (χ1n) is 7.41. The van der Waals surface area contributed by atoms with E-state index < -0.39 is 12.0 Å². The van der Waals surface area contributed by atoms with E-state index in [9.17, 15) is 9.59 Å². The largest absolute Gasteiger partial charge is 0.467 e. The molecule has 0 spiro atoms.